The Bertz CT molecular complexity index is 301. The van der Waals surface area contributed by atoms with E-state index in [0.29, 0.717) is 12.3 Å². The predicted octanol–water partition coefficient (Wildman–Crippen LogP) is 2.53. The minimum atomic E-state index is 0.563. The third kappa shape index (κ3) is 1.82. The summed E-state index contributed by atoms with van der Waals surface area (Å²) in [5.74, 6) is 3.48. The summed E-state index contributed by atoms with van der Waals surface area (Å²) in [5.41, 5.74) is 0. The van der Waals surface area contributed by atoms with Crippen molar-refractivity contribution in [1.29, 1.82) is 0 Å². The Morgan fingerprint density at radius 3 is 3.00 bits per heavy atom. The standard InChI is InChI=1S/C11H14O2/c1-8-7-10(8)11-5-4-9(13-11)3-2-6-12/h4-6,8,10H,2-3,7H2,1H3. The van der Waals surface area contributed by atoms with E-state index in [-0.39, 0.29) is 0 Å². The summed E-state index contributed by atoms with van der Waals surface area (Å²) in [6, 6.07) is 4.04. The first-order chi connectivity index (χ1) is 6.31. The highest BCUT2D eigenvalue weighted by molar-refractivity contribution is 5.49. The maximum absolute atomic E-state index is 10.1. The molecule has 0 aliphatic heterocycles. The number of aldehydes is 1. The number of aryl methyl sites for hydroxylation is 1. The Hall–Kier alpha value is -1.05. The Balaban J connectivity index is 1.97. The molecule has 1 aliphatic rings. The van der Waals surface area contributed by atoms with Crippen LogP contribution in [0.15, 0.2) is 16.5 Å². The van der Waals surface area contributed by atoms with Crippen LogP contribution in [0.3, 0.4) is 0 Å². The maximum atomic E-state index is 10.1. The van der Waals surface area contributed by atoms with Crippen molar-refractivity contribution in [2.24, 2.45) is 5.92 Å². The van der Waals surface area contributed by atoms with E-state index in [0.717, 1.165) is 30.1 Å². The fourth-order valence-electron chi connectivity index (χ4n) is 1.65. The van der Waals surface area contributed by atoms with Gasteiger partial charge in [-0.05, 0) is 24.5 Å². The molecule has 2 heteroatoms. The molecule has 1 aromatic heterocycles. The smallest absolute Gasteiger partial charge is 0.120 e. The second-order valence-corrected chi connectivity index (χ2v) is 3.83. The topological polar surface area (TPSA) is 30.2 Å². The van der Waals surface area contributed by atoms with Gasteiger partial charge in [0, 0.05) is 18.8 Å². The van der Waals surface area contributed by atoms with Gasteiger partial charge in [-0.1, -0.05) is 6.92 Å². The zero-order valence-corrected chi connectivity index (χ0v) is 7.82. The van der Waals surface area contributed by atoms with Crippen LogP contribution in [0.1, 0.15) is 37.2 Å². The van der Waals surface area contributed by atoms with Crippen molar-refractivity contribution in [2.45, 2.75) is 32.1 Å². The van der Waals surface area contributed by atoms with Crippen molar-refractivity contribution in [3.05, 3.63) is 23.7 Å². The molecule has 2 unspecified atom stereocenters. The quantitative estimate of drug-likeness (QED) is 0.663. The molecule has 0 aromatic carbocycles. The molecule has 1 fully saturated rings. The SMILES string of the molecule is CC1CC1c1ccc(CCC=O)o1. The molecule has 1 aromatic rings. The van der Waals surface area contributed by atoms with Gasteiger partial charge in [-0.3, -0.25) is 0 Å². The minimum absolute atomic E-state index is 0.563. The molecule has 13 heavy (non-hydrogen) atoms. The molecule has 1 saturated carbocycles. The first-order valence-corrected chi connectivity index (χ1v) is 4.83. The van der Waals surface area contributed by atoms with Crippen LogP contribution in [-0.4, -0.2) is 6.29 Å². The highest BCUT2D eigenvalue weighted by Gasteiger charge is 2.36. The third-order valence-electron chi connectivity index (χ3n) is 2.67. The van der Waals surface area contributed by atoms with E-state index < -0.39 is 0 Å². The van der Waals surface area contributed by atoms with Crippen molar-refractivity contribution in [2.75, 3.05) is 0 Å². The van der Waals surface area contributed by atoms with Crippen LogP contribution >= 0.6 is 0 Å². The third-order valence-corrected chi connectivity index (χ3v) is 2.67. The van der Waals surface area contributed by atoms with Gasteiger partial charge < -0.3 is 9.21 Å². The minimum Gasteiger partial charge on any atom is -0.466 e. The Morgan fingerprint density at radius 1 is 1.62 bits per heavy atom. The summed E-state index contributed by atoms with van der Waals surface area (Å²) in [6.07, 6.45) is 3.49. The number of rotatable bonds is 4. The number of carbonyl (C=O) groups excluding carboxylic acids is 1. The fourth-order valence-corrected chi connectivity index (χ4v) is 1.65. The molecule has 0 spiro atoms. The normalized spacial score (nSPS) is 25.9. The van der Waals surface area contributed by atoms with Crippen LogP contribution < -0.4 is 0 Å². The van der Waals surface area contributed by atoms with E-state index in [1.165, 1.54) is 6.42 Å². The number of hydrogen-bond acceptors (Lipinski definition) is 2. The van der Waals surface area contributed by atoms with Crippen molar-refractivity contribution in [3.8, 4) is 0 Å². The molecule has 1 heterocycles. The largest absolute Gasteiger partial charge is 0.466 e. The van der Waals surface area contributed by atoms with Gasteiger partial charge in [-0.2, -0.15) is 0 Å². The van der Waals surface area contributed by atoms with Gasteiger partial charge in [-0.25, -0.2) is 0 Å². The molecule has 0 amide bonds. The van der Waals surface area contributed by atoms with Crippen molar-refractivity contribution in [1.82, 2.24) is 0 Å². The predicted molar refractivity (Wildman–Crippen MR) is 49.6 cm³/mol. The average Bonchev–Trinajstić information content (AvgIpc) is 2.67. The van der Waals surface area contributed by atoms with Crippen molar-refractivity contribution < 1.29 is 9.21 Å². The molecule has 2 rings (SSSR count). The van der Waals surface area contributed by atoms with Gasteiger partial charge in [-0.15, -0.1) is 0 Å². The maximum Gasteiger partial charge on any atom is 0.120 e. The van der Waals surface area contributed by atoms with Gasteiger partial charge >= 0.3 is 0 Å². The van der Waals surface area contributed by atoms with Gasteiger partial charge in [0.1, 0.15) is 17.8 Å². The van der Waals surface area contributed by atoms with E-state index in [9.17, 15) is 4.79 Å². The van der Waals surface area contributed by atoms with E-state index >= 15 is 0 Å². The van der Waals surface area contributed by atoms with Gasteiger partial charge in [0.25, 0.3) is 0 Å². The molecule has 70 valence electrons. The summed E-state index contributed by atoms with van der Waals surface area (Å²) in [5, 5.41) is 0. The number of carbonyl (C=O) groups is 1. The van der Waals surface area contributed by atoms with E-state index in [1.807, 2.05) is 12.1 Å². The number of hydrogen-bond donors (Lipinski definition) is 0. The zero-order valence-electron chi connectivity index (χ0n) is 7.82. The molecule has 0 N–H and O–H groups in total. The fraction of sp³-hybridized carbons (Fsp3) is 0.545. The first kappa shape index (κ1) is 8.54. The van der Waals surface area contributed by atoms with Crippen LogP contribution in [0.2, 0.25) is 0 Å². The van der Waals surface area contributed by atoms with Crippen LogP contribution in [0.4, 0.5) is 0 Å². The summed E-state index contributed by atoms with van der Waals surface area (Å²) in [7, 11) is 0. The highest BCUT2D eigenvalue weighted by Crippen LogP contribution is 2.47. The number of furan rings is 1. The highest BCUT2D eigenvalue weighted by atomic mass is 16.3. The van der Waals surface area contributed by atoms with E-state index in [4.69, 9.17) is 4.42 Å². The second-order valence-electron chi connectivity index (χ2n) is 3.83. The Labute approximate surface area is 77.9 Å². The summed E-state index contributed by atoms with van der Waals surface area (Å²) in [6.45, 7) is 2.23. The molecular weight excluding hydrogens is 164 g/mol. The molecule has 0 bridgehead atoms. The van der Waals surface area contributed by atoms with Crippen LogP contribution in [0.5, 0.6) is 0 Å². The van der Waals surface area contributed by atoms with Gasteiger partial charge in [0.05, 0.1) is 0 Å². The lowest BCUT2D eigenvalue weighted by atomic mass is 10.2. The lowest BCUT2D eigenvalue weighted by Crippen LogP contribution is -1.82. The van der Waals surface area contributed by atoms with E-state index in [2.05, 4.69) is 6.92 Å². The average molecular weight is 178 g/mol. The molecule has 0 saturated heterocycles. The second kappa shape index (κ2) is 3.36. The van der Waals surface area contributed by atoms with Gasteiger partial charge in [0.2, 0.25) is 0 Å². The van der Waals surface area contributed by atoms with Crippen molar-refractivity contribution in [3.63, 3.8) is 0 Å². The lowest BCUT2D eigenvalue weighted by molar-refractivity contribution is -0.107. The van der Waals surface area contributed by atoms with Gasteiger partial charge in [0.15, 0.2) is 0 Å². The summed E-state index contributed by atoms with van der Waals surface area (Å²) in [4.78, 5) is 10.1. The zero-order chi connectivity index (χ0) is 9.26. The van der Waals surface area contributed by atoms with E-state index in [1.54, 1.807) is 0 Å². The Kier molecular flexibility index (Phi) is 2.21. The lowest BCUT2D eigenvalue weighted by Gasteiger charge is -1.92. The Morgan fingerprint density at radius 2 is 2.38 bits per heavy atom. The first-order valence-electron chi connectivity index (χ1n) is 4.83. The molecule has 2 atom stereocenters. The molecule has 2 nitrogen and oxygen atoms in total. The van der Waals surface area contributed by atoms with Crippen LogP contribution in [0, 0.1) is 5.92 Å². The summed E-state index contributed by atoms with van der Waals surface area (Å²) >= 11 is 0. The van der Waals surface area contributed by atoms with Crippen LogP contribution in [-0.2, 0) is 11.2 Å². The van der Waals surface area contributed by atoms with Crippen molar-refractivity contribution >= 4 is 6.29 Å². The molecule has 0 radical (unpaired) electrons. The van der Waals surface area contributed by atoms with Crippen LogP contribution in [0.25, 0.3) is 0 Å². The molecule has 1 aliphatic carbocycles. The summed E-state index contributed by atoms with van der Waals surface area (Å²) < 4.78 is 5.62. The monoisotopic (exact) mass is 178 g/mol. The molecular formula is C11H14O2.